The van der Waals surface area contributed by atoms with Gasteiger partial charge in [0.1, 0.15) is 0 Å². The Balaban J connectivity index is 2.17. The first-order valence-electron chi connectivity index (χ1n) is 6.66. The van der Waals surface area contributed by atoms with Gasteiger partial charge >= 0.3 is 0 Å². The molecule has 0 bridgehead atoms. The highest BCUT2D eigenvalue weighted by atomic mass is 79.9. The minimum atomic E-state index is 0.482. The van der Waals surface area contributed by atoms with Gasteiger partial charge in [0.2, 0.25) is 0 Å². The molecule has 0 radical (unpaired) electrons. The molecule has 0 atom stereocenters. The molecule has 2 rings (SSSR count). The van der Waals surface area contributed by atoms with E-state index in [1.54, 1.807) is 11.3 Å². The number of hydrogen-bond acceptors (Lipinski definition) is 4. The Morgan fingerprint density at radius 2 is 2.20 bits per heavy atom. The van der Waals surface area contributed by atoms with Gasteiger partial charge in [-0.3, -0.25) is 0 Å². The second-order valence-electron chi connectivity index (χ2n) is 5.14. The standard InChI is InChI=1S/C15H20BrN3S/c1-11(2)17-7-12-4-5-13(16)6-15(12)19(3)8-14-9-20-10-18-14/h4-6,9-11,17H,7-8H2,1-3H3. The zero-order chi connectivity index (χ0) is 14.5. The zero-order valence-electron chi connectivity index (χ0n) is 12.1. The lowest BCUT2D eigenvalue weighted by Crippen LogP contribution is -2.24. The van der Waals surface area contributed by atoms with Crippen LogP contribution in [0.3, 0.4) is 0 Å². The van der Waals surface area contributed by atoms with Gasteiger partial charge in [0.25, 0.3) is 0 Å². The maximum absolute atomic E-state index is 4.36. The minimum absolute atomic E-state index is 0.482. The van der Waals surface area contributed by atoms with Crippen LogP contribution in [0.5, 0.6) is 0 Å². The molecule has 5 heteroatoms. The van der Waals surface area contributed by atoms with Gasteiger partial charge in [-0.1, -0.05) is 35.8 Å². The molecule has 0 saturated carbocycles. The molecule has 20 heavy (non-hydrogen) atoms. The molecule has 0 saturated heterocycles. The van der Waals surface area contributed by atoms with Crippen LogP contribution in [0.25, 0.3) is 0 Å². The number of aromatic nitrogens is 1. The van der Waals surface area contributed by atoms with E-state index in [9.17, 15) is 0 Å². The van der Waals surface area contributed by atoms with Gasteiger partial charge in [-0.05, 0) is 17.7 Å². The number of nitrogens with one attached hydrogen (secondary N) is 1. The summed E-state index contributed by atoms with van der Waals surface area (Å²) in [4.78, 5) is 6.60. The van der Waals surface area contributed by atoms with E-state index in [2.05, 4.69) is 75.6 Å². The summed E-state index contributed by atoms with van der Waals surface area (Å²) in [7, 11) is 2.11. The van der Waals surface area contributed by atoms with Gasteiger partial charge < -0.3 is 10.2 Å². The molecule has 0 aliphatic heterocycles. The molecule has 1 heterocycles. The quantitative estimate of drug-likeness (QED) is 0.849. The number of nitrogens with zero attached hydrogens (tertiary/aromatic N) is 2. The summed E-state index contributed by atoms with van der Waals surface area (Å²) >= 11 is 5.20. The molecular formula is C15H20BrN3S. The van der Waals surface area contributed by atoms with Crippen LogP contribution in [0.1, 0.15) is 25.1 Å². The van der Waals surface area contributed by atoms with Crippen LogP contribution in [0.4, 0.5) is 5.69 Å². The second kappa shape index (κ2) is 7.20. The van der Waals surface area contributed by atoms with E-state index < -0.39 is 0 Å². The predicted molar refractivity (Wildman–Crippen MR) is 90.3 cm³/mol. The van der Waals surface area contributed by atoms with E-state index >= 15 is 0 Å². The highest BCUT2D eigenvalue weighted by Crippen LogP contribution is 2.25. The molecule has 0 aliphatic carbocycles. The van der Waals surface area contributed by atoms with Crippen LogP contribution in [-0.4, -0.2) is 18.1 Å². The Hall–Kier alpha value is -0.910. The van der Waals surface area contributed by atoms with Crippen molar-refractivity contribution in [3.8, 4) is 0 Å². The molecule has 1 aromatic carbocycles. The van der Waals surface area contributed by atoms with E-state index in [0.29, 0.717) is 6.04 Å². The normalized spacial score (nSPS) is 11.1. The van der Waals surface area contributed by atoms with Crippen molar-refractivity contribution >= 4 is 33.0 Å². The summed E-state index contributed by atoms with van der Waals surface area (Å²) in [6.07, 6.45) is 0. The first-order chi connectivity index (χ1) is 9.56. The monoisotopic (exact) mass is 353 g/mol. The molecule has 0 amide bonds. The Kier molecular flexibility index (Phi) is 5.57. The maximum Gasteiger partial charge on any atom is 0.0795 e. The number of anilines is 1. The van der Waals surface area contributed by atoms with Crippen LogP contribution in [0, 0.1) is 0 Å². The Bertz CT molecular complexity index is 540. The van der Waals surface area contributed by atoms with Crippen LogP contribution in [0.15, 0.2) is 33.6 Å². The van der Waals surface area contributed by atoms with Gasteiger partial charge in [0, 0.05) is 35.2 Å². The average Bonchev–Trinajstić information content (AvgIpc) is 2.89. The maximum atomic E-state index is 4.36. The first-order valence-corrected chi connectivity index (χ1v) is 8.40. The van der Waals surface area contributed by atoms with Crippen molar-refractivity contribution in [1.82, 2.24) is 10.3 Å². The van der Waals surface area contributed by atoms with E-state index in [1.165, 1.54) is 11.3 Å². The number of rotatable bonds is 6. The number of hydrogen-bond donors (Lipinski definition) is 1. The molecule has 0 unspecified atom stereocenters. The summed E-state index contributed by atoms with van der Waals surface area (Å²) in [5.41, 5.74) is 5.53. The number of benzene rings is 1. The van der Waals surface area contributed by atoms with Crippen molar-refractivity contribution in [2.75, 3.05) is 11.9 Å². The van der Waals surface area contributed by atoms with E-state index in [-0.39, 0.29) is 0 Å². The molecule has 108 valence electrons. The SMILES string of the molecule is CC(C)NCc1ccc(Br)cc1N(C)Cc1cscn1. The lowest BCUT2D eigenvalue weighted by molar-refractivity contribution is 0.588. The van der Waals surface area contributed by atoms with Crippen molar-refractivity contribution in [2.24, 2.45) is 0 Å². The number of thiazole rings is 1. The smallest absolute Gasteiger partial charge is 0.0795 e. The van der Waals surface area contributed by atoms with Gasteiger partial charge in [-0.2, -0.15) is 0 Å². The van der Waals surface area contributed by atoms with Crippen molar-refractivity contribution in [3.63, 3.8) is 0 Å². The van der Waals surface area contributed by atoms with Crippen molar-refractivity contribution in [3.05, 3.63) is 44.8 Å². The summed E-state index contributed by atoms with van der Waals surface area (Å²) in [6.45, 7) is 6.03. The molecule has 0 spiro atoms. The van der Waals surface area contributed by atoms with E-state index in [1.807, 2.05) is 5.51 Å². The van der Waals surface area contributed by atoms with Crippen LogP contribution in [0.2, 0.25) is 0 Å². The Labute approximate surface area is 133 Å². The molecular weight excluding hydrogens is 334 g/mol. The van der Waals surface area contributed by atoms with E-state index in [0.717, 1.165) is 23.3 Å². The highest BCUT2D eigenvalue weighted by molar-refractivity contribution is 9.10. The van der Waals surface area contributed by atoms with Crippen molar-refractivity contribution in [1.29, 1.82) is 0 Å². The molecule has 0 aliphatic rings. The van der Waals surface area contributed by atoms with Gasteiger partial charge in [-0.15, -0.1) is 11.3 Å². The average molecular weight is 354 g/mol. The van der Waals surface area contributed by atoms with Crippen LogP contribution >= 0.6 is 27.3 Å². The lowest BCUT2D eigenvalue weighted by Gasteiger charge is -2.23. The van der Waals surface area contributed by atoms with Gasteiger partial charge in [-0.25, -0.2) is 4.98 Å². The van der Waals surface area contributed by atoms with E-state index in [4.69, 9.17) is 0 Å². The largest absolute Gasteiger partial charge is 0.368 e. The topological polar surface area (TPSA) is 28.2 Å². The Morgan fingerprint density at radius 3 is 2.85 bits per heavy atom. The molecule has 0 fully saturated rings. The van der Waals surface area contributed by atoms with Crippen LogP contribution < -0.4 is 10.2 Å². The van der Waals surface area contributed by atoms with Gasteiger partial charge in [0.05, 0.1) is 17.7 Å². The summed E-state index contributed by atoms with van der Waals surface area (Å²) < 4.78 is 1.10. The first kappa shape index (κ1) is 15.5. The van der Waals surface area contributed by atoms with Gasteiger partial charge in [0.15, 0.2) is 0 Å². The summed E-state index contributed by atoms with van der Waals surface area (Å²) in [5, 5.41) is 5.58. The molecule has 1 N–H and O–H groups in total. The highest BCUT2D eigenvalue weighted by Gasteiger charge is 2.10. The third-order valence-electron chi connectivity index (χ3n) is 3.04. The third kappa shape index (κ3) is 4.30. The fraction of sp³-hybridized carbons (Fsp3) is 0.400. The fourth-order valence-electron chi connectivity index (χ4n) is 2.00. The fourth-order valence-corrected chi connectivity index (χ4v) is 2.90. The van der Waals surface area contributed by atoms with Crippen molar-refractivity contribution in [2.45, 2.75) is 33.0 Å². The zero-order valence-corrected chi connectivity index (χ0v) is 14.5. The van der Waals surface area contributed by atoms with Crippen LogP contribution in [-0.2, 0) is 13.1 Å². The summed E-state index contributed by atoms with van der Waals surface area (Å²) in [5.74, 6) is 0. The third-order valence-corrected chi connectivity index (χ3v) is 4.17. The predicted octanol–water partition coefficient (Wildman–Crippen LogP) is 4.04. The number of halogens is 1. The minimum Gasteiger partial charge on any atom is -0.368 e. The lowest BCUT2D eigenvalue weighted by atomic mass is 10.1. The summed E-state index contributed by atoms with van der Waals surface area (Å²) in [6, 6.07) is 6.92. The molecule has 3 nitrogen and oxygen atoms in total. The Morgan fingerprint density at radius 1 is 1.40 bits per heavy atom. The van der Waals surface area contributed by atoms with Crippen molar-refractivity contribution < 1.29 is 0 Å². The molecule has 2 aromatic rings. The molecule has 1 aromatic heterocycles. The second-order valence-corrected chi connectivity index (χ2v) is 6.78.